The first-order valence-corrected chi connectivity index (χ1v) is 8.47. The van der Waals surface area contributed by atoms with Crippen LogP contribution in [0.15, 0.2) is 0 Å². The van der Waals surface area contributed by atoms with Crippen molar-refractivity contribution in [2.45, 2.75) is 52.1 Å². The van der Waals surface area contributed by atoms with Crippen molar-refractivity contribution in [3.05, 3.63) is 0 Å². The standard InChI is InChI=1S/C16H28ClNO5/c1-15(2,3)23-14(20)18-9-7-16(8-10-18,6-5-11-21-4)13(19)22-12-17/h5-12H2,1-4H3. The van der Waals surface area contributed by atoms with Crippen LogP contribution in [-0.2, 0) is 19.0 Å². The summed E-state index contributed by atoms with van der Waals surface area (Å²) < 4.78 is 15.5. The van der Waals surface area contributed by atoms with Crippen LogP contribution in [0.3, 0.4) is 0 Å². The minimum absolute atomic E-state index is 0.152. The first-order chi connectivity index (χ1) is 10.7. The molecule has 0 bridgehead atoms. The fourth-order valence-electron chi connectivity index (χ4n) is 2.76. The number of carbonyl (C=O) groups excluding carboxylic acids is 2. The van der Waals surface area contributed by atoms with Gasteiger partial charge in [-0.3, -0.25) is 4.79 Å². The van der Waals surface area contributed by atoms with E-state index in [1.807, 2.05) is 20.8 Å². The Kier molecular flexibility index (Phi) is 7.61. The summed E-state index contributed by atoms with van der Waals surface area (Å²) in [6.07, 6.45) is 2.19. The number of hydrogen-bond donors (Lipinski definition) is 0. The molecule has 134 valence electrons. The number of piperidine rings is 1. The lowest BCUT2D eigenvalue weighted by Gasteiger charge is -2.40. The topological polar surface area (TPSA) is 65.1 Å². The smallest absolute Gasteiger partial charge is 0.410 e. The van der Waals surface area contributed by atoms with Crippen LogP contribution in [-0.4, -0.2) is 55.4 Å². The van der Waals surface area contributed by atoms with Crippen molar-refractivity contribution in [2.75, 3.05) is 32.9 Å². The highest BCUT2D eigenvalue weighted by Gasteiger charge is 2.43. The van der Waals surface area contributed by atoms with E-state index in [0.29, 0.717) is 39.0 Å². The van der Waals surface area contributed by atoms with Crippen LogP contribution < -0.4 is 0 Å². The Morgan fingerprint density at radius 3 is 2.30 bits per heavy atom. The maximum absolute atomic E-state index is 12.3. The molecule has 0 aliphatic carbocycles. The fraction of sp³-hybridized carbons (Fsp3) is 0.875. The van der Waals surface area contributed by atoms with E-state index in [1.54, 1.807) is 12.0 Å². The molecule has 6 nitrogen and oxygen atoms in total. The molecule has 0 unspecified atom stereocenters. The van der Waals surface area contributed by atoms with E-state index in [0.717, 1.165) is 6.42 Å². The van der Waals surface area contributed by atoms with Crippen LogP contribution in [0, 0.1) is 5.41 Å². The van der Waals surface area contributed by atoms with E-state index in [4.69, 9.17) is 25.8 Å². The predicted octanol–water partition coefficient (Wildman–Crippen LogP) is 3.17. The molecule has 0 spiro atoms. The van der Waals surface area contributed by atoms with Crippen molar-refractivity contribution < 1.29 is 23.8 Å². The zero-order valence-electron chi connectivity index (χ0n) is 14.5. The van der Waals surface area contributed by atoms with Gasteiger partial charge in [-0.15, -0.1) is 0 Å². The third kappa shape index (κ3) is 6.18. The number of likely N-dealkylation sites (tertiary alicyclic amines) is 1. The van der Waals surface area contributed by atoms with Gasteiger partial charge in [0.15, 0.2) is 6.07 Å². The number of ether oxygens (including phenoxy) is 3. The summed E-state index contributed by atoms with van der Waals surface area (Å²) in [5, 5.41) is 0. The second kappa shape index (κ2) is 8.73. The van der Waals surface area contributed by atoms with Crippen LogP contribution >= 0.6 is 11.6 Å². The molecule has 0 aromatic heterocycles. The van der Waals surface area contributed by atoms with Crippen molar-refractivity contribution >= 4 is 23.7 Å². The maximum atomic E-state index is 12.3. The third-order valence-electron chi connectivity index (χ3n) is 3.99. The second-order valence-corrected chi connectivity index (χ2v) is 7.10. The van der Waals surface area contributed by atoms with Gasteiger partial charge in [0.2, 0.25) is 0 Å². The number of amides is 1. The number of nitrogens with zero attached hydrogens (tertiary/aromatic N) is 1. The lowest BCUT2D eigenvalue weighted by atomic mass is 9.75. The van der Waals surface area contributed by atoms with Gasteiger partial charge in [-0.1, -0.05) is 11.6 Å². The van der Waals surface area contributed by atoms with Crippen LogP contribution in [0.4, 0.5) is 4.79 Å². The summed E-state index contributed by atoms with van der Waals surface area (Å²) in [4.78, 5) is 26.1. The Balaban J connectivity index is 2.67. The summed E-state index contributed by atoms with van der Waals surface area (Å²) >= 11 is 5.54. The van der Waals surface area contributed by atoms with Crippen molar-refractivity contribution in [3.8, 4) is 0 Å². The normalized spacial score (nSPS) is 17.7. The second-order valence-electron chi connectivity index (χ2n) is 6.88. The van der Waals surface area contributed by atoms with E-state index in [1.165, 1.54) is 0 Å². The minimum Gasteiger partial charge on any atom is -0.449 e. The van der Waals surface area contributed by atoms with Crippen LogP contribution in [0.5, 0.6) is 0 Å². The number of methoxy groups -OCH3 is 1. The lowest BCUT2D eigenvalue weighted by Crippen LogP contribution is -2.48. The van der Waals surface area contributed by atoms with Gasteiger partial charge in [-0.2, -0.15) is 0 Å². The number of alkyl halides is 1. The largest absolute Gasteiger partial charge is 0.449 e. The van der Waals surface area contributed by atoms with Crippen molar-refractivity contribution in [1.82, 2.24) is 4.90 Å². The molecule has 23 heavy (non-hydrogen) atoms. The molecule has 1 heterocycles. The van der Waals surface area contributed by atoms with Crippen molar-refractivity contribution in [2.24, 2.45) is 5.41 Å². The summed E-state index contributed by atoms with van der Waals surface area (Å²) in [5.41, 5.74) is -1.12. The number of esters is 1. The Morgan fingerprint density at radius 2 is 1.83 bits per heavy atom. The summed E-state index contributed by atoms with van der Waals surface area (Å²) in [6.45, 7) is 7.04. The minimum atomic E-state index is -0.591. The molecule has 0 aromatic rings. The zero-order valence-corrected chi connectivity index (χ0v) is 15.3. The maximum Gasteiger partial charge on any atom is 0.410 e. The number of hydrogen-bond acceptors (Lipinski definition) is 5. The van der Waals surface area contributed by atoms with E-state index >= 15 is 0 Å². The fourth-order valence-corrected chi connectivity index (χ4v) is 2.86. The van der Waals surface area contributed by atoms with Gasteiger partial charge in [0, 0.05) is 26.8 Å². The number of rotatable bonds is 6. The first-order valence-electron chi connectivity index (χ1n) is 7.94. The van der Waals surface area contributed by atoms with Gasteiger partial charge >= 0.3 is 12.1 Å². The van der Waals surface area contributed by atoms with E-state index in [2.05, 4.69) is 0 Å². The monoisotopic (exact) mass is 349 g/mol. The highest BCUT2D eigenvalue weighted by molar-refractivity contribution is 6.17. The van der Waals surface area contributed by atoms with E-state index < -0.39 is 11.0 Å². The molecule has 1 saturated heterocycles. The van der Waals surface area contributed by atoms with Gasteiger partial charge in [-0.05, 0) is 46.5 Å². The zero-order chi connectivity index (χ0) is 17.5. The quantitative estimate of drug-likeness (QED) is 0.418. The van der Waals surface area contributed by atoms with Crippen molar-refractivity contribution in [3.63, 3.8) is 0 Å². The van der Waals surface area contributed by atoms with Gasteiger partial charge < -0.3 is 19.1 Å². The van der Waals surface area contributed by atoms with Crippen LogP contribution in [0.1, 0.15) is 46.5 Å². The Hall–Kier alpha value is -1.01. The van der Waals surface area contributed by atoms with Gasteiger partial charge in [0.1, 0.15) is 5.60 Å². The van der Waals surface area contributed by atoms with Crippen molar-refractivity contribution in [1.29, 1.82) is 0 Å². The average Bonchev–Trinajstić information content (AvgIpc) is 2.46. The first kappa shape index (κ1) is 20.0. The molecule has 0 aromatic carbocycles. The van der Waals surface area contributed by atoms with Crippen LogP contribution in [0.25, 0.3) is 0 Å². The highest BCUT2D eigenvalue weighted by atomic mass is 35.5. The van der Waals surface area contributed by atoms with E-state index in [-0.39, 0.29) is 18.1 Å². The summed E-state index contributed by atoms with van der Waals surface area (Å²) in [7, 11) is 1.63. The molecular formula is C16H28ClNO5. The lowest BCUT2D eigenvalue weighted by molar-refractivity contribution is -0.157. The van der Waals surface area contributed by atoms with Crippen LogP contribution in [0.2, 0.25) is 0 Å². The molecule has 7 heteroatoms. The SMILES string of the molecule is COCCCC1(C(=O)OCCl)CCN(C(=O)OC(C)(C)C)CC1. The van der Waals surface area contributed by atoms with Gasteiger partial charge in [0.05, 0.1) is 5.41 Å². The summed E-state index contributed by atoms with van der Waals surface area (Å²) in [5.74, 6) is -0.285. The molecule has 1 fully saturated rings. The molecule has 1 aliphatic rings. The molecule has 1 rings (SSSR count). The number of carbonyl (C=O) groups is 2. The van der Waals surface area contributed by atoms with Gasteiger partial charge in [0.25, 0.3) is 0 Å². The third-order valence-corrected chi connectivity index (χ3v) is 4.10. The summed E-state index contributed by atoms with van der Waals surface area (Å²) in [6, 6.07) is -0.152. The molecule has 0 atom stereocenters. The highest BCUT2D eigenvalue weighted by Crippen LogP contribution is 2.38. The molecule has 0 radical (unpaired) electrons. The average molecular weight is 350 g/mol. The predicted molar refractivity (Wildman–Crippen MR) is 87.4 cm³/mol. The number of halogens is 1. The van der Waals surface area contributed by atoms with Gasteiger partial charge in [-0.25, -0.2) is 4.79 Å². The molecular weight excluding hydrogens is 322 g/mol. The molecule has 0 N–H and O–H groups in total. The Labute approximate surface area is 143 Å². The molecule has 1 aliphatic heterocycles. The molecule has 0 saturated carbocycles. The molecule has 1 amide bonds. The Morgan fingerprint density at radius 1 is 1.22 bits per heavy atom. The van der Waals surface area contributed by atoms with E-state index in [9.17, 15) is 9.59 Å². The Bertz CT molecular complexity index is 400.